The second-order valence-corrected chi connectivity index (χ2v) is 7.77. The minimum absolute atomic E-state index is 0.0573. The minimum Gasteiger partial charge on any atom is -0.355 e. The molecule has 1 N–H and O–H groups in total. The van der Waals surface area contributed by atoms with E-state index in [2.05, 4.69) is 60.1 Å². The Morgan fingerprint density at radius 2 is 1.82 bits per heavy atom. The van der Waals surface area contributed by atoms with Gasteiger partial charge in [-0.2, -0.15) is 0 Å². The van der Waals surface area contributed by atoms with Gasteiger partial charge in [-0.05, 0) is 61.9 Å². The van der Waals surface area contributed by atoms with Crippen LogP contribution in [0.2, 0.25) is 0 Å². The molecule has 0 bridgehead atoms. The van der Waals surface area contributed by atoms with E-state index in [0.717, 1.165) is 25.1 Å². The number of aryl methyl sites for hydroxylation is 1. The number of nitrogens with zero attached hydrogens (tertiary/aromatic N) is 2. The second-order valence-electron chi connectivity index (χ2n) is 7.77. The maximum atomic E-state index is 11.8. The van der Waals surface area contributed by atoms with Crippen LogP contribution in [-0.4, -0.2) is 36.0 Å². The zero-order chi connectivity index (χ0) is 19.8. The lowest BCUT2D eigenvalue weighted by molar-refractivity contribution is 0.0963. The first-order chi connectivity index (χ1) is 13.5. The standard InChI is InChI=1S/C24H27N3O/c1-16-5-10-22-20(13-16)21-15-26(4)12-11-23(21)27(22)14-17(2)18-6-8-19(9-7-18)24(28)25-3/h5-10,13-14H,11-12,15H2,1-4H3,(H,25,28). The van der Waals surface area contributed by atoms with E-state index in [1.54, 1.807) is 7.05 Å². The number of amides is 1. The van der Waals surface area contributed by atoms with Crippen LogP contribution in [0, 0.1) is 6.92 Å². The molecule has 1 aliphatic heterocycles. The summed E-state index contributed by atoms with van der Waals surface area (Å²) in [5.41, 5.74) is 8.43. The Morgan fingerprint density at radius 3 is 2.54 bits per heavy atom. The fraction of sp³-hybridized carbons (Fsp3) is 0.292. The van der Waals surface area contributed by atoms with E-state index >= 15 is 0 Å². The monoisotopic (exact) mass is 373 g/mol. The van der Waals surface area contributed by atoms with E-state index in [-0.39, 0.29) is 5.91 Å². The smallest absolute Gasteiger partial charge is 0.251 e. The van der Waals surface area contributed by atoms with Crippen molar-refractivity contribution in [3.63, 3.8) is 0 Å². The Labute approximate surface area is 166 Å². The molecule has 144 valence electrons. The third-order valence-corrected chi connectivity index (χ3v) is 5.69. The summed E-state index contributed by atoms with van der Waals surface area (Å²) in [5, 5.41) is 4.03. The van der Waals surface area contributed by atoms with E-state index in [9.17, 15) is 4.79 Å². The highest BCUT2D eigenvalue weighted by Crippen LogP contribution is 2.32. The van der Waals surface area contributed by atoms with Crippen LogP contribution in [0.5, 0.6) is 0 Å². The van der Waals surface area contributed by atoms with Gasteiger partial charge in [-0.3, -0.25) is 4.79 Å². The molecule has 0 aliphatic carbocycles. The fourth-order valence-electron chi connectivity index (χ4n) is 4.09. The molecule has 3 aromatic rings. The van der Waals surface area contributed by atoms with Gasteiger partial charge in [0.05, 0.1) is 5.52 Å². The highest BCUT2D eigenvalue weighted by molar-refractivity contribution is 5.94. The molecule has 0 spiro atoms. The first kappa shape index (κ1) is 18.5. The Morgan fingerprint density at radius 1 is 1.11 bits per heavy atom. The average molecular weight is 374 g/mol. The lowest BCUT2D eigenvalue weighted by Gasteiger charge is -2.23. The zero-order valence-corrected chi connectivity index (χ0v) is 17.0. The number of nitrogens with one attached hydrogen (secondary N) is 1. The predicted octanol–water partition coefficient (Wildman–Crippen LogP) is 4.32. The van der Waals surface area contributed by atoms with E-state index in [0.29, 0.717) is 5.56 Å². The lowest BCUT2D eigenvalue weighted by atomic mass is 10.0. The molecule has 1 amide bonds. The molecule has 2 heterocycles. The minimum atomic E-state index is -0.0573. The summed E-state index contributed by atoms with van der Waals surface area (Å²) in [6, 6.07) is 14.5. The van der Waals surface area contributed by atoms with Crippen LogP contribution in [0.25, 0.3) is 22.7 Å². The predicted molar refractivity (Wildman–Crippen MR) is 116 cm³/mol. The van der Waals surface area contributed by atoms with Gasteiger partial charge in [0.1, 0.15) is 0 Å². The molecule has 4 nitrogen and oxygen atoms in total. The normalized spacial score (nSPS) is 14.9. The molecule has 0 radical (unpaired) electrons. The Balaban J connectivity index is 1.79. The van der Waals surface area contributed by atoms with Crippen LogP contribution in [0.4, 0.5) is 0 Å². The SMILES string of the molecule is CNC(=O)c1ccc(C(C)=Cn2c3c(c4cc(C)ccc42)CN(C)CC3)cc1. The van der Waals surface area contributed by atoms with Gasteiger partial charge in [-0.1, -0.05) is 23.8 Å². The molecule has 1 aromatic heterocycles. The lowest BCUT2D eigenvalue weighted by Crippen LogP contribution is -2.26. The van der Waals surface area contributed by atoms with Crippen molar-refractivity contribution in [2.75, 3.05) is 20.6 Å². The summed E-state index contributed by atoms with van der Waals surface area (Å²) in [6.07, 6.45) is 3.30. The van der Waals surface area contributed by atoms with Gasteiger partial charge in [0.15, 0.2) is 0 Å². The number of carbonyl (C=O) groups is 1. The van der Waals surface area contributed by atoms with Gasteiger partial charge >= 0.3 is 0 Å². The molecule has 0 saturated heterocycles. The van der Waals surface area contributed by atoms with E-state index in [1.165, 1.54) is 33.3 Å². The van der Waals surface area contributed by atoms with Crippen molar-refractivity contribution in [3.8, 4) is 0 Å². The van der Waals surface area contributed by atoms with Crippen molar-refractivity contribution < 1.29 is 4.79 Å². The van der Waals surface area contributed by atoms with Crippen molar-refractivity contribution >= 4 is 28.6 Å². The van der Waals surface area contributed by atoms with Crippen LogP contribution in [0.3, 0.4) is 0 Å². The van der Waals surface area contributed by atoms with Crippen molar-refractivity contribution in [1.29, 1.82) is 0 Å². The van der Waals surface area contributed by atoms with Gasteiger partial charge in [0.25, 0.3) is 5.91 Å². The van der Waals surface area contributed by atoms with Gasteiger partial charge in [-0.15, -0.1) is 0 Å². The van der Waals surface area contributed by atoms with Crippen LogP contribution >= 0.6 is 0 Å². The van der Waals surface area contributed by atoms with Crippen LogP contribution in [-0.2, 0) is 13.0 Å². The number of hydrogen-bond acceptors (Lipinski definition) is 2. The topological polar surface area (TPSA) is 37.3 Å². The number of allylic oxidation sites excluding steroid dienone is 1. The van der Waals surface area contributed by atoms with Crippen molar-refractivity contribution in [1.82, 2.24) is 14.8 Å². The van der Waals surface area contributed by atoms with E-state index in [1.807, 2.05) is 24.3 Å². The summed E-state index contributed by atoms with van der Waals surface area (Å²) in [7, 11) is 3.85. The van der Waals surface area contributed by atoms with Crippen molar-refractivity contribution in [3.05, 3.63) is 70.4 Å². The van der Waals surface area contributed by atoms with Gasteiger partial charge in [-0.25, -0.2) is 0 Å². The number of aromatic nitrogens is 1. The van der Waals surface area contributed by atoms with E-state index < -0.39 is 0 Å². The molecule has 0 unspecified atom stereocenters. The number of likely N-dealkylation sites (N-methyl/N-ethyl adjacent to an activating group) is 1. The summed E-state index contributed by atoms with van der Waals surface area (Å²) >= 11 is 0. The van der Waals surface area contributed by atoms with Crippen LogP contribution in [0.15, 0.2) is 42.5 Å². The van der Waals surface area contributed by atoms with Gasteiger partial charge in [0.2, 0.25) is 0 Å². The van der Waals surface area contributed by atoms with Crippen LogP contribution < -0.4 is 5.32 Å². The molecule has 2 aromatic carbocycles. The first-order valence-corrected chi connectivity index (χ1v) is 9.79. The molecule has 4 heteroatoms. The summed E-state index contributed by atoms with van der Waals surface area (Å²) < 4.78 is 2.37. The largest absolute Gasteiger partial charge is 0.355 e. The molecule has 1 aliphatic rings. The second kappa shape index (κ2) is 7.28. The number of rotatable bonds is 3. The van der Waals surface area contributed by atoms with Gasteiger partial charge < -0.3 is 14.8 Å². The molecular weight excluding hydrogens is 346 g/mol. The molecule has 28 heavy (non-hydrogen) atoms. The Bertz CT molecular complexity index is 1070. The molecule has 0 atom stereocenters. The molecular formula is C24H27N3O. The quantitative estimate of drug-likeness (QED) is 0.743. The molecule has 0 fully saturated rings. The molecule has 4 rings (SSSR count). The molecule has 0 saturated carbocycles. The number of carbonyl (C=O) groups excluding carboxylic acids is 1. The fourth-order valence-corrected chi connectivity index (χ4v) is 4.09. The first-order valence-electron chi connectivity index (χ1n) is 9.79. The summed E-state index contributed by atoms with van der Waals surface area (Å²) in [6.45, 7) is 6.37. The zero-order valence-electron chi connectivity index (χ0n) is 17.0. The average Bonchev–Trinajstić information content (AvgIpc) is 2.99. The van der Waals surface area contributed by atoms with Crippen molar-refractivity contribution in [2.24, 2.45) is 0 Å². The highest BCUT2D eigenvalue weighted by atomic mass is 16.1. The van der Waals surface area contributed by atoms with Crippen LogP contribution in [0.1, 0.15) is 39.7 Å². The van der Waals surface area contributed by atoms with Crippen molar-refractivity contribution in [2.45, 2.75) is 26.8 Å². The maximum absolute atomic E-state index is 11.8. The Hall–Kier alpha value is -2.85. The highest BCUT2D eigenvalue weighted by Gasteiger charge is 2.21. The van der Waals surface area contributed by atoms with Gasteiger partial charge in [0, 0.05) is 49.4 Å². The van der Waals surface area contributed by atoms with E-state index in [4.69, 9.17) is 0 Å². The number of hydrogen-bond donors (Lipinski definition) is 1. The third-order valence-electron chi connectivity index (χ3n) is 5.69. The number of fused-ring (bicyclic) bond motifs is 3. The summed E-state index contributed by atoms with van der Waals surface area (Å²) in [5.74, 6) is -0.0573. The maximum Gasteiger partial charge on any atom is 0.251 e. The summed E-state index contributed by atoms with van der Waals surface area (Å²) in [4.78, 5) is 14.2. The third kappa shape index (κ3) is 3.25. The number of benzene rings is 2. The Kier molecular flexibility index (Phi) is 4.82.